The third-order valence-corrected chi connectivity index (χ3v) is 5.08. The molecule has 10 nitrogen and oxygen atoms in total. The monoisotopic (exact) mass is 467 g/mol. The quantitative estimate of drug-likeness (QED) is 0.574. The van der Waals surface area contributed by atoms with Gasteiger partial charge in [0.05, 0.1) is 19.8 Å². The van der Waals surface area contributed by atoms with Crippen LogP contribution in [0.2, 0.25) is 0 Å². The molecule has 0 radical (unpaired) electrons. The molecule has 1 heterocycles. The molecule has 4 amide bonds. The molecule has 0 unspecified atom stereocenters. The molecule has 3 rings (SSSR count). The molecule has 3 N–H and O–H groups in total. The molecule has 0 aromatic heterocycles. The van der Waals surface area contributed by atoms with Gasteiger partial charge in [-0.15, -0.1) is 0 Å². The van der Waals surface area contributed by atoms with Crippen LogP contribution >= 0.6 is 0 Å². The molecule has 1 fully saturated rings. The van der Waals surface area contributed by atoms with Gasteiger partial charge in [0.25, 0.3) is 5.91 Å². The normalized spacial score (nSPS) is 13.1. The van der Waals surface area contributed by atoms with Crippen LogP contribution < -0.4 is 20.9 Å². The summed E-state index contributed by atoms with van der Waals surface area (Å²) in [6.45, 7) is 5.55. The van der Waals surface area contributed by atoms with Gasteiger partial charge in [0.2, 0.25) is 17.7 Å². The van der Waals surface area contributed by atoms with E-state index >= 15 is 0 Å². The highest BCUT2D eigenvalue weighted by Gasteiger charge is 2.18. The summed E-state index contributed by atoms with van der Waals surface area (Å²) in [4.78, 5) is 51.8. The van der Waals surface area contributed by atoms with E-state index < -0.39 is 5.91 Å². The summed E-state index contributed by atoms with van der Waals surface area (Å²) in [5.41, 5.74) is 2.63. The Bertz CT molecular complexity index is 1030. The second-order valence-corrected chi connectivity index (χ2v) is 8.02. The van der Waals surface area contributed by atoms with Crippen LogP contribution in [0.15, 0.2) is 42.5 Å². The van der Waals surface area contributed by atoms with E-state index in [-0.39, 0.29) is 29.8 Å². The van der Waals surface area contributed by atoms with Crippen molar-refractivity contribution in [3.63, 3.8) is 0 Å². The van der Waals surface area contributed by atoms with Gasteiger partial charge < -0.3 is 30.5 Å². The molecule has 10 heteroatoms. The van der Waals surface area contributed by atoms with Crippen LogP contribution in [0.3, 0.4) is 0 Å². The molecule has 1 aliphatic rings. The van der Waals surface area contributed by atoms with Gasteiger partial charge in [-0.3, -0.25) is 19.2 Å². The highest BCUT2D eigenvalue weighted by molar-refractivity contribution is 6.02. The number of hydrogen-bond acceptors (Lipinski definition) is 6. The zero-order chi connectivity index (χ0) is 24.7. The van der Waals surface area contributed by atoms with E-state index in [0.717, 1.165) is 18.8 Å². The minimum Gasteiger partial charge on any atom is -0.378 e. The molecule has 0 bridgehead atoms. The summed E-state index contributed by atoms with van der Waals surface area (Å²) in [5, 5.41) is 8.00. The van der Waals surface area contributed by atoms with Crippen molar-refractivity contribution in [1.82, 2.24) is 4.90 Å². The van der Waals surface area contributed by atoms with Crippen molar-refractivity contribution in [3.8, 4) is 0 Å². The molecule has 1 saturated heterocycles. The molecule has 2 aromatic rings. The number of likely N-dealkylation sites (N-methyl/N-ethyl adjacent to an activating group) is 1. The first-order valence-corrected chi connectivity index (χ1v) is 10.9. The smallest absolute Gasteiger partial charge is 0.254 e. The fourth-order valence-electron chi connectivity index (χ4n) is 3.59. The first-order valence-electron chi connectivity index (χ1n) is 10.9. The molecule has 0 saturated carbocycles. The van der Waals surface area contributed by atoms with Crippen LogP contribution in [0.5, 0.6) is 0 Å². The van der Waals surface area contributed by atoms with Gasteiger partial charge in [0, 0.05) is 62.3 Å². The first-order chi connectivity index (χ1) is 16.2. The Morgan fingerprint density at radius 1 is 0.853 bits per heavy atom. The van der Waals surface area contributed by atoms with Gasteiger partial charge in [-0.05, 0) is 42.5 Å². The average molecular weight is 468 g/mol. The van der Waals surface area contributed by atoms with Crippen molar-refractivity contribution >= 4 is 46.4 Å². The fraction of sp³-hybridized carbons (Fsp3) is 0.333. The number of benzene rings is 2. The molecule has 34 heavy (non-hydrogen) atoms. The highest BCUT2D eigenvalue weighted by atomic mass is 16.5. The predicted molar refractivity (Wildman–Crippen MR) is 130 cm³/mol. The third kappa shape index (κ3) is 7.04. The Kier molecular flexibility index (Phi) is 8.20. The zero-order valence-electron chi connectivity index (χ0n) is 19.5. The lowest BCUT2D eigenvalue weighted by Crippen LogP contribution is -2.36. The number of carbonyl (C=O) groups is 4. The number of carbonyl (C=O) groups excluding carboxylic acids is 4. The van der Waals surface area contributed by atoms with Crippen molar-refractivity contribution in [2.24, 2.45) is 0 Å². The lowest BCUT2D eigenvalue weighted by atomic mass is 10.1. The van der Waals surface area contributed by atoms with Crippen LogP contribution in [0, 0.1) is 0 Å². The summed E-state index contributed by atoms with van der Waals surface area (Å²) < 4.78 is 5.36. The molecule has 0 atom stereocenters. The van der Waals surface area contributed by atoms with Crippen LogP contribution in [0.4, 0.5) is 22.7 Å². The number of nitrogens with zero attached hydrogens (tertiary/aromatic N) is 2. The lowest BCUT2D eigenvalue weighted by molar-refractivity contribution is -0.117. The largest absolute Gasteiger partial charge is 0.378 e. The number of hydrogen-bond donors (Lipinski definition) is 3. The van der Waals surface area contributed by atoms with E-state index in [1.54, 1.807) is 6.07 Å². The second kappa shape index (κ2) is 11.3. The minimum atomic E-state index is -0.434. The topological polar surface area (TPSA) is 120 Å². The van der Waals surface area contributed by atoms with E-state index in [2.05, 4.69) is 20.9 Å². The van der Waals surface area contributed by atoms with Gasteiger partial charge in [0.1, 0.15) is 0 Å². The zero-order valence-corrected chi connectivity index (χ0v) is 19.5. The molecule has 180 valence electrons. The van der Waals surface area contributed by atoms with Crippen LogP contribution in [-0.4, -0.2) is 68.4 Å². The van der Waals surface area contributed by atoms with Crippen molar-refractivity contribution in [3.05, 3.63) is 48.0 Å². The van der Waals surface area contributed by atoms with Crippen molar-refractivity contribution in [2.75, 3.05) is 60.7 Å². The van der Waals surface area contributed by atoms with Crippen LogP contribution in [-0.2, 0) is 19.1 Å². The molecule has 0 spiro atoms. The maximum atomic E-state index is 12.9. The van der Waals surface area contributed by atoms with Crippen LogP contribution in [0.25, 0.3) is 0 Å². The number of ether oxygens (including phenoxy) is 1. The maximum absolute atomic E-state index is 12.9. The van der Waals surface area contributed by atoms with Crippen LogP contribution in [0.1, 0.15) is 24.2 Å². The summed E-state index contributed by atoms with van der Waals surface area (Å²) in [7, 11) is 1.51. The van der Waals surface area contributed by atoms with E-state index in [9.17, 15) is 19.2 Å². The van der Waals surface area contributed by atoms with Crippen molar-refractivity contribution in [2.45, 2.75) is 13.8 Å². The summed E-state index contributed by atoms with van der Waals surface area (Å²) in [6, 6.07) is 12.1. The lowest BCUT2D eigenvalue weighted by Gasteiger charge is -2.28. The van der Waals surface area contributed by atoms with E-state index in [0.29, 0.717) is 30.3 Å². The number of nitrogens with one attached hydrogen (secondary N) is 3. The molecule has 1 aliphatic heterocycles. The Labute approximate surface area is 198 Å². The van der Waals surface area contributed by atoms with E-state index in [1.807, 2.05) is 24.3 Å². The minimum absolute atomic E-state index is 0.177. The fourth-order valence-corrected chi connectivity index (χ4v) is 3.59. The SMILES string of the molecule is CC(=O)Nc1cc(NC(C)=O)cc(C(=O)N(C)CC(=O)Nc2ccc(N3CCOCC3)cc2)c1. The Morgan fingerprint density at radius 2 is 1.41 bits per heavy atom. The number of anilines is 4. The van der Waals surface area contributed by atoms with Gasteiger partial charge in [-0.2, -0.15) is 0 Å². The van der Waals surface area contributed by atoms with Crippen molar-refractivity contribution in [1.29, 1.82) is 0 Å². The Morgan fingerprint density at radius 3 is 1.94 bits per heavy atom. The average Bonchev–Trinajstić information content (AvgIpc) is 2.78. The Balaban J connectivity index is 1.63. The standard InChI is InChI=1S/C24H29N5O5/c1-16(30)25-20-12-18(13-21(14-20)26-17(2)31)24(33)28(3)15-23(32)27-19-4-6-22(7-5-19)29-8-10-34-11-9-29/h4-7,12-14H,8-11,15H2,1-3H3,(H,25,30)(H,26,31)(H,27,32). The molecule has 0 aliphatic carbocycles. The number of amides is 4. The third-order valence-electron chi connectivity index (χ3n) is 5.08. The first kappa shape index (κ1) is 24.7. The highest BCUT2D eigenvalue weighted by Crippen LogP contribution is 2.21. The van der Waals surface area contributed by atoms with E-state index in [4.69, 9.17) is 4.74 Å². The Hall–Kier alpha value is -3.92. The summed E-state index contributed by atoms with van der Waals surface area (Å²) in [5.74, 6) is -1.41. The van der Waals surface area contributed by atoms with Gasteiger partial charge in [-0.1, -0.05) is 0 Å². The van der Waals surface area contributed by atoms with Gasteiger partial charge in [-0.25, -0.2) is 0 Å². The number of morpholine rings is 1. The maximum Gasteiger partial charge on any atom is 0.254 e. The van der Waals surface area contributed by atoms with E-state index in [1.165, 1.54) is 37.9 Å². The second-order valence-electron chi connectivity index (χ2n) is 8.02. The molecular weight excluding hydrogens is 438 g/mol. The van der Waals surface area contributed by atoms with Crippen molar-refractivity contribution < 1.29 is 23.9 Å². The van der Waals surface area contributed by atoms with Gasteiger partial charge >= 0.3 is 0 Å². The molecular formula is C24H29N5O5. The number of rotatable bonds is 7. The van der Waals surface area contributed by atoms with Gasteiger partial charge in [0.15, 0.2) is 0 Å². The predicted octanol–water partition coefficient (Wildman–Crippen LogP) is 2.15. The summed E-state index contributed by atoms with van der Waals surface area (Å²) in [6.07, 6.45) is 0. The summed E-state index contributed by atoms with van der Waals surface area (Å²) >= 11 is 0. The molecule has 2 aromatic carbocycles.